The Morgan fingerprint density at radius 3 is 2.90 bits per heavy atom. The van der Waals surface area contributed by atoms with E-state index in [1.54, 1.807) is 10.8 Å². The van der Waals surface area contributed by atoms with E-state index in [2.05, 4.69) is 47.9 Å². The number of piperidine rings is 2. The van der Waals surface area contributed by atoms with Crippen LogP contribution in [0, 0.1) is 11.8 Å². The van der Waals surface area contributed by atoms with E-state index in [-0.39, 0.29) is 11.8 Å². The maximum atomic E-state index is 12.8. The van der Waals surface area contributed by atoms with Gasteiger partial charge in [0.2, 0.25) is 5.91 Å². The molecule has 3 aromatic rings. The van der Waals surface area contributed by atoms with Gasteiger partial charge in [-0.3, -0.25) is 9.69 Å². The van der Waals surface area contributed by atoms with Crippen LogP contribution >= 0.6 is 11.3 Å². The first-order valence-electron chi connectivity index (χ1n) is 11.2. The number of thiophene rings is 1. The summed E-state index contributed by atoms with van der Waals surface area (Å²) >= 11 is 1.83. The van der Waals surface area contributed by atoms with Crippen molar-refractivity contribution in [1.82, 2.24) is 30.0 Å². The molecule has 2 aliphatic heterocycles. The van der Waals surface area contributed by atoms with Crippen molar-refractivity contribution in [3.05, 3.63) is 40.8 Å². The van der Waals surface area contributed by atoms with Gasteiger partial charge in [0.1, 0.15) is 12.1 Å². The molecule has 2 aliphatic rings. The number of rotatable bonds is 6. The van der Waals surface area contributed by atoms with Gasteiger partial charge in [-0.2, -0.15) is 4.52 Å². The number of carbonyl (C=O) groups is 1. The van der Waals surface area contributed by atoms with Gasteiger partial charge < -0.3 is 10.2 Å². The van der Waals surface area contributed by atoms with Gasteiger partial charge in [0.15, 0.2) is 5.65 Å². The number of nitrogens with one attached hydrogen (secondary N) is 1. The molecule has 0 radical (unpaired) electrons. The average molecular weight is 440 g/mol. The largest absolute Gasteiger partial charge is 0.356 e. The maximum Gasteiger partial charge on any atom is 0.223 e. The quantitative estimate of drug-likeness (QED) is 0.636. The fourth-order valence-corrected chi connectivity index (χ4v) is 5.48. The summed E-state index contributed by atoms with van der Waals surface area (Å²) in [7, 11) is 0. The first-order chi connectivity index (χ1) is 15.2. The van der Waals surface area contributed by atoms with Crippen LogP contribution in [0.1, 0.15) is 30.6 Å². The van der Waals surface area contributed by atoms with Crippen LogP contribution in [0.5, 0.6) is 0 Å². The Labute approximate surface area is 186 Å². The highest BCUT2D eigenvalue weighted by Crippen LogP contribution is 2.23. The molecule has 5 heterocycles. The molecule has 1 N–H and O–H groups in total. The first-order valence-corrected chi connectivity index (χ1v) is 12.1. The molecule has 31 heavy (non-hydrogen) atoms. The smallest absolute Gasteiger partial charge is 0.223 e. The predicted octanol–water partition coefficient (Wildman–Crippen LogP) is 2.43. The van der Waals surface area contributed by atoms with Gasteiger partial charge in [0.25, 0.3) is 0 Å². The molecule has 1 amide bonds. The number of aromatic nitrogens is 4. The molecule has 2 saturated heterocycles. The van der Waals surface area contributed by atoms with Crippen molar-refractivity contribution in [3.8, 4) is 0 Å². The van der Waals surface area contributed by atoms with Crippen molar-refractivity contribution < 1.29 is 4.79 Å². The van der Waals surface area contributed by atoms with E-state index < -0.39 is 0 Å². The Morgan fingerprint density at radius 2 is 2.06 bits per heavy atom. The molecule has 5 rings (SSSR count). The normalized spacial score (nSPS) is 20.9. The SMILES string of the molecule is O=C(NCC1CCCN(Cc2cccs2)C1)C1CCN(c2ccc3nncn3n2)CC1. The van der Waals surface area contributed by atoms with Gasteiger partial charge >= 0.3 is 0 Å². The van der Waals surface area contributed by atoms with Crippen molar-refractivity contribution in [2.75, 3.05) is 37.6 Å². The van der Waals surface area contributed by atoms with Crippen molar-refractivity contribution >= 4 is 28.7 Å². The van der Waals surface area contributed by atoms with E-state index in [0.29, 0.717) is 5.92 Å². The van der Waals surface area contributed by atoms with Crippen LogP contribution in [0.2, 0.25) is 0 Å². The highest BCUT2D eigenvalue weighted by molar-refractivity contribution is 7.09. The zero-order valence-electron chi connectivity index (χ0n) is 17.7. The molecule has 8 nitrogen and oxygen atoms in total. The summed E-state index contributed by atoms with van der Waals surface area (Å²) < 4.78 is 1.69. The lowest BCUT2D eigenvalue weighted by molar-refractivity contribution is -0.125. The molecular weight excluding hydrogens is 410 g/mol. The van der Waals surface area contributed by atoms with E-state index in [4.69, 9.17) is 0 Å². The molecule has 3 aromatic heterocycles. The molecule has 0 aliphatic carbocycles. The summed E-state index contributed by atoms with van der Waals surface area (Å²) in [6.07, 6.45) is 5.77. The van der Waals surface area contributed by atoms with Crippen LogP contribution in [-0.4, -0.2) is 63.3 Å². The Hall–Kier alpha value is -2.52. The Bertz CT molecular complexity index is 996. The molecule has 0 saturated carbocycles. The molecule has 1 unspecified atom stereocenters. The number of amides is 1. The average Bonchev–Trinajstić information content (AvgIpc) is 3.49. The van der Waals surface area contributed by atoms with Crippen molar-refractivity contribution in [2.24, 2.45) is 11.8 Å². The second-order valence-corrected chi connectivity index (χ2v) is 9.69. The summed E-state index contributed by atoms with van der Waals surface area (Å²) in [5, 5.41) is 17.9. The lowest BCUT2D eigenvalue weighted by Gasteiger charge is -2.34. The predicted molar refractivity (Wildman–Crippen MR) is 121 cm³/mol. The van der Waals surface area contributed by atoms with Crippen LogP contribution < -0.4 is 10.2 Å². The van der Waals surface area contributed by atoms with E-state index >= 15 is 0 Å². The van der Waals surface area contributed by atoms with Crippen LogP contribution in [0.4, 0.5) is 5.82 Å². The van der Waals surface area contributed by atoms with Gasteiger partial charge in [-0.25, -0.2) is 0 Å². The zero-order chi connectivity index (χ0) is 21.0. The highest BCUT2D eigenvalue weighted by Gasteiger charge is 2.27. The van der Waals surface area contributed by atoms with Crippen LogP contribution in [0.15, 0.2) is 36.0 Å². The van der Waals surface area contributed by atoms with Crippen molar-refractivity contribution in [3.63, 3.8) is 0 Å². The molecule has 0 bridgehead atoms. The lowest BCUT2D eigenvalue weighted by atomic mass is 9.94. The van der Waals surface area contributed by atoms with E-state index in [9.17, 15) is 4.79 Å². The fourth-order valence-electron chi connectivity index (χ4n) is 4.73. The van der Waals surface area contributed by atoms with Gasteiger partial charge in [-0.1, -0.05) is 6.07 Å². The Kier molecular flexibility index (Phi) is 6.13. The highest BCUT2D eigenvalue weighted by atomic mass is 32.1. The van der Waals surface area contributed by atoms with Gasteiger partial charge in [0.05, 0.1) is 0 Å². The topological polar surface area (TPSA) is 78.7 Å². The minimum absolute atomic E-state index is 0.0979. The maximum absolute atomic E-state index is 12.8. The number of fused-ring (bicyclic) bond motifs is 1. The second-order valence-electron chi connectivity index (χ2n) is 8.65. The van der Waals surface area contributed by atoms with Crippen LogP contribution in [-0.2, 0) is 11.3 Å². The standard InChI is InChI=1S/C22H29N7OS/c30-22(23-13-17-3-1-9-27(14-17)15-19-4-2-12-31-19)18-7-10-28(11-8-18)21-6-5-20-25-24-16-29(20)26-21/h2,4-6,12,16-18H,1,3,7-11,13-15H2,(H,23,30). The Morgan fingerprint density at radius 1 is 1.16 bits per heavy atom. The third-order valence-electron chi connectivity index (χ3n) is 6.46. The third-order valence-corrected chi connectivity index (χ3v) is 7.33. The minimum atomic E-state index is 0.0979. The molecular formula is C22H29N7OS. The molecule has 2 fully saturated rings. The monoisotopic (exact) mass is 439 g/mol. The van der Waals surface area contributed by atoms with Crippen LogP contribution in [0.3, 0.4) is 0 Å². The summed E-state index contributed by atoms with van der Waals surface area (Å²) in [6, 6.07) is 8.24. The summed E-state index contributed by atoms with van der Waals surface area (Å²) in [5.41, 5.74) is 0.745. The van der Waals surface area contributed by atoms with E-state index in [1.807, 2.05) is 23.5 Å². The van der Waals surface area contributed by atoms with Crippen molar-refractivity contribution in [2.45, 2.75) is 32.2 Å². The Balaban J connectivity index is 1.07. The summed E-state index contributed by atoms with van der Waals surface area (Å²) in [6.45, 7) is 5.76. The fraction of sp³-hybridized carbons (Fsp3) is 0.545. The molecule has 1 atom stereocenters. The number of likely N-dealkylation sites (tertiary alicyclic amines) is 1. The molecule has 0 aromatic carbocycles. The van der Waals surface area contributed by atoms with Gasteiger partial charge in [0, 0.05) is 43.5 Å². The number of carbonyl (C=O) groups excluding carboxylic acids is 1. The molecule has 0 spiro atoms. The summed E-state index contributed by atoms with van der Waals surface area (Å²) in [4.78, 5) is 19.0. The number of hydrogen-bond acceptors (Lipinski definition) is 7. The van der Waals surface area contributed by atoms with Crippen LogP contribution in [0.25, 0.3) is 5.65 Å². The van der Waals surface area contributed by atoms with Crippen molar-refractivity contribution in [1.29, 1.82) is 0 Å². The molecule has 164 valence electrons. The first kappa shape index (κ1) is 20.4. The lowest BCUT2D eigenvalue weighted by Crippen LogP contribution is -2.44. The number of anilines is 1. The van der Waals surface area contributed by atoms with E-state index in [1.165, 1.54) is 17.7 Å². The van der Waals surface area contributed by atoms with E-state index in [0.717, 1.165) is 63.6 Å². The second kappa shape index (κ2) is 9.32. The number of nitrogens with zero attached hydrogens (tertiary/aromatic N) is 6. The summed E-state index contributed by atoms with van der Waals surface area (Å²) in [5.74, 6) is 1.79. The van der Waals surface area contributed by atoms with Gasteiger partial charge in [-0.05, 0) is 61.7 Å². The van der Waals surface area contributed by atoms with Gasteiger partial charge in [-0.15, -0.1) is 26.6 Å². The third kappa shape index (κ3) is 4.88. The zero-order valence-corrected chi connectivity index (χ0v) is 18.5. The molecule has 9 heteroatoms. The number of hydrogen-bond donors (Lipinski definition) is 1. The minimum Gasteiger partial charge on any atom is -0.356 e.